The Morgan fingerprint density at radius 3 is 2.80 bits per heavy atom. The van der Waals surface area contributed by atoms with Gasteiger partial charge in [0.2, 0.25) is 0 Å². The van der Waals surface area contributed by atoms with Gasteiger partial charge in [-0.3, -0.25) is 4.79 Å². The third-order valence-corrected chi connectivity index (χ3v) is 7.29. The molecule has 136 valence electrons. The van der Waals surface area contributed by atoms with Crippen LogP contribution in [0.5, 0.6) is 0 Å². The Kier molecular flexibility index (Phi) is 3.77. The van der Waals surface area contributed by atoms with Gasteiger partial charge in [0, 0.05) is 17.8 Å². The van der Waals surface area contributed by atoms with E-state index in [2.05, 4.69) is 32.1 Å². The standard InChI is InChI=1S/C21H27FO3/c1-12(23)25-19-18(22)11-17-15-5-4-13-10-14(24)6-8-20(13,2)16(15)7-9-21(17,19)3/h4-6,8,14,16-19,24H,7,9-11H2,1-3H3/t14-,16-,17-,18+,19-,20-,21-/m0/s1. The summed E-state index contributed by atoms with van der Waals surface area (Å²) in [5.41, 5.74) is 2.16. The first-order valence-electron chi connectivity index (χ1n) is 9.35. The second-order valence-electron chi connectivity index (χ2n) is 8.70. The van der Waals surface area contributed by atoms with Crippen molar-refractivity contribution in [1.82, 2.24) is 0 Å². The first kappa shape index (κ1) is 17.0. The molecular weight excluding hydrogens is 319 g/mol. The summed E-state index contributed by atoms with van der Waals surface area (Å²) in [5.74, 6) is 0.0608. The lowest BCUT2D eigenvalue weighted by molar-refractivity contribution is -0.156. The average molecular weight is 346 g/mol. The molecule has 0 aromatic carbocycles. The van der Waals surface area contributed by atoms with E-state index in [1.807, 2.05) is 6.08 Å². The van der Waals surface area contributed by atoms with Gasteiger partial charge in [0.05, 0.1) is 6.10 Å². The first-order valence-corrected chi connectivity index (χ1v) is 9.35. The van der Waals surface area contributed by atoms with E-state index in [1.54, 1.807) is 0 Å². The fraction of sp³-hybridized carbons (Fsp3) is 0.667. The largest absolute Gasteiger partial charge is 0.459 e. The molecule has 0 radical (unpaired) electrons. The summed E-state index contributed by atoms with van der Waals surface area (Å²) in [6.45, 7) is 5.69. The van der Waals surface area contributed by atoms with Crippen molar-refractivity contribution in [3.63, 3.8) is 0 Å². The molecule has 4 rings (SSSR count). The number of carbonyl (C=O) groups excluding carboxylic acids is 1. The molecule has 0 unspecified atom stereocenters. The van der Waals surface area contributed by atoms with Gasteiger partial charge in [0.1, 0.15) is 12.3 Å². The molecule has 2 fully saturated rings. The number of esters is 1. The predicted molar refractivity (Wildman–Crippen MR) is 93.4 cm³/mol. The SMILES string of the molecule is CC(=O)O[C@H]1[C@H](F)C[C@H]2C3=CC=C4C[C@@H](O)C=C[C@]4(C)[C@H]3CC[C@@]21C. The summed E-state index contributed by atoms with van der Waals surface area (Å²) in [4.78, 5) is 11.5. The second kappa shape index (κ2) is 5.54. The maximum absolute atomic E-state index is 14.8. The van der Waals surface area contributed by atoms with Crippen molar-refractivity contribution in [1.29, 1.82) is 0 Å². The molecule has 7 atom stereocenters. The molecule has 4 aliphatic rings. The van der Waals surface area contributed by atoms with Crippen LogP contribution in [0.15, 0.2) is 35.5 Å². The van der Waals surface area contributed by atoms with Gasteiger partial charge in [-0.05, 0) is 37.5 Å². The number of carbonyl (C=O) groups is 1. The van der Waals surface area contributed by atoms with Crippen LogP contribution < -0.4 is 0 Å². The van der Waals surface area contributed by atoms with Gasteiger partial charge in [0.25, 0.3) is 0 Å². The van der Waals surface area contributed by atoms with Gasteiger partial charge in [0.15, 0.2) is 0 Å². The van der Waals surface area contributed by atoms with Gasteiger partial charge < -0.3 is 9.84 Å². The van der Waals surface area contributed by atoms with Crippen LogP contribution in [-0.2, 0) is 9.53 Å². The Balaban J connectivity index is 1.72. The fourth-order valence-corrected chi connectivity index (χ4v) is 5.91. The van der Waals surface area contributed by atoms with Crippen LogP contribution in [0.3, 0.4) is 0 Å². The molecule has 0 spiro atoms. The monoisotopic (exact) mass is 346 g/mol. The summed E-state index contributed by atoms with van der Waals surface area (Å²) < 4.78 is 20.2. The third kappa shape index (κ3) is 2.37. The molecule has 4 aliphatic carbocycles. The maximum atomic E-state index is 14.8. The zero-order chi connectivity index (χ0) is 18.0. The molecule has 0 aromatic rings. The maximum Gasteiger partial charge on any atom is 0.303 e. The summed E-state index contributed by atoms with van der Waals surface area (Å²) in [6.07, 6.45) is 9.14. The Bertz CT molecular complexity index is 693. The summed E-state index contributed by atoms with van der Waals surface area (Å²) in [7, 11) is 0. The molecule has 0 aromatic heterocycles. The summed E-state index contributed by atoms with van der Waals surface area (Å²) >= 11 is 0. The van der Waals surface area contributed by atoms with Crippen molar-refractivity contribution in [2.24, 2.45) is 22.7 Å². The minimum absolute atomic E-state index is 0.0873. The molecular formula is C21H27FO3. The number of halogens is 1. The highest BCUT2D eigenvalue weighted by Crippen LogP contribution is 2.63. The number of ether oxygens (including phenoxy) is 1. The van der Waals surface area contributed by atoms with E-state index in [0.29, 0.717) is 18.8 Å². The molecule has 0 amide bonds. The van der Waals surface area contributed by atoms with E-state index >= 15 is 0 Å². The van der Waals surface area contributed by atoms with Crippen molar-refractivity contribution < 1.29 is 19.0 Å². The van der Waals surface area contributed by atoms with Crippen molar-refractivity contribution in [3.05, 3.63) is 35.5 Å². The van der Waals surface area contributed by atoms with Crippen LogP contribution >= 0.6 is 0 Å². The summed E-state index contributed by atoms with van der Waals surface area (Å²) in [5, 5.41) is 9.96. The number of alkyl halides is 1. The molecule has 25 heavy (non-hydrogen) atoms. The van der Waals surface area contributed by atoms with E-state index in [0.717, 1.165) is 12.8 Å². The molecule has 0 bridgehead atoms. The number of rotatable bonds is 1. The van der Waals surface area contributed by atoms with Crippen LogP contribution in [0.25, 0.3) is 0 Å². The van der Waals surface area contributed by atoms with Crippen LogP contribution in [-0.4, -0.2) is 29.5 Å². The van der Waals surface area contributed by atoms with Crippen LogP contribution in [0, 0.1) is 22.7 Å². The zero-order valence-electron chi connectivity index (χ0n) is 15.2. The van der Waals surface area contributed by atoms with E-state index in [-0.39, 0.29) is 16.7 Å². The molecule has 0 saturated heterocycles. The normalized spacial score (nSPS) is 48.0. The highest BCUT2D eigenvalue weighted by Gasteiger charge is 2.60. The first-order chi connectivity index (χ1) is 11.8. The fourth-order valence-electron chi connectivity index (χ4n) is 5.91. The van der Waals surface area contributed by atoms with Crippen LogP contribution in [0.2, 0.25) is 0 Å². The number of aliphatic hydroxyl groups is 1. The van der Waals surface area contributed by atoms with Crippen LogP contribution in [0.4, 0.5) is 4.39 Å². The van der Waals surface area contributed by atoms with E-state index in [1.165, 1.54) is 18.1 Å². The van der Waals surface area contributed by atoms with Crippen LogP contribution in [0.1, 0.15) is 46.5 Å². The Labute approximate surface area is 148 Å². The number of hydrogen-bond acceptors (Lipinski definition) is 3. The zero-order valence-corrected chi connectivity index (χ0v) is 15.2. The summed E-state index contributed by atoms with van der Waals surface area (Å²) in [6, 6.07) is 0. The lowest BCUT2D eigenvalue weighted by Crippen LogP contribution is -2.47. The van der Waals surface area contributed by atoms with Gasteiger partial charge in [-0.2, -0.15) is 0 Å². The molecule has 1 N–H and O–H groups in total. The molecule has 0 heterocycles. The highest BCUT2D eigenvalue weighted by molar-refractivity contribution is 5.66. The Morgan fingerprint density at radius 2 is 2.08 bits per heavy atom. The Hall–Kier alpha value is -1.42. The van der Waals surface area contributed by atoms with Gasteiger partial charge in [-0.25, -0.2) is 4.39 Å². The van der Waals surface area contributed by atoms with E-state index in [4.69, 9.17) is 4.74 Å². The minimum atomic E-state index is -1.10. The van der Waals surface area contributed by atoms with Crippen molar-refractivity contribution in [2.75, 3.05) is 0 Å². The average Bonchev–Trinajstić information content (AvgIpc) is 2.79. The second-order valence-corrected chi connectivity index (χ2v) is 8.70. The molecule has 2 saturated carbocycles. The number of hydrogen-bond donors (Lipinski definition) is 1. The van der Waals surface area contributed by atoms with Crippen molar-refractivity contribution >= 4 is 5.97 Å². The smallest absolute Gasteiger partial charge is 0.303 e. The van der Waals surface area contributed by atoms with Crippen molar-refractivity contribution in [3.8, 4) is 0 Å². The number of allylic oxidation sites excluding steroid dienone is 4. The Morgan fingerprint density at radius 1 is 1.32 bits per heavy atom. The van der Waals surface area contributed by atoms with Gasteiger partial charge >= 0.3 is 5.97 Å². The van der Waals surface area contributed by atoms with Gasteiger partial charge in [-0.1, -0.05) is 49.3 Å². The minimum Gasteiger partial charge on any atom is -0.459 e. The van der Waals surface area contributed by atoms with E-state index in [9.17, 15) is 14.3 Å². The quantitative estimate of drug-likeness (QED) is 0.579. The number of aliphatic hydroxyl groups excluding tert-OH is 1. The number of fused-ring (bicyclic) bond motifs is 5. The van der Waals surface area contributed by atoms with Gasteiger partial charge in [-0.15, -0.1) is 0 Å². The van der Waals surface area contributed by atoms with Crippen molar-refractivity contribution in [2.45, 2.75) is 64.8 Å². The molecule has 3 nitrogen and oxygen atoms in total. The predicted octanol–water partition coefficient (Wildman–Crippen LogP) is 3.89. The lowest BCUT2D eigenvalue weighted by atomic mass is 9.52. The lowest BCUT2D eigenvalue weighted by Gasteiger charge is -2.52. The third-order valence-electron chi connectivity index (χ3n) is 7.29. The molecule has 4 heteroatoms. The molecule has 0 aliphatic heterocycles. The topological polar surface area (TPSA) is 46.5 Å². The van der Waals surface area contributed by atoms with E-state index < -0.39 is 24.3 Å². The highest BCUT2D eigenvalue weighted by atomic mass is 19.1.